The van der Waals surface area contributed by atoms with E-state index in [0.717, 1.165) is 12.3 Å². The van der Waals surface area contributed by atoms with Gasteiger partial charge in [-0.15, -0.1) is 0 Å². The Bertz CT molecular complexity index is 541. The normalized spacial score (nSPS) is 13.4. The van der Waals surface area contributed by atoms with Gasteiger partial charge < -0.3 is 10.8 Å². The Hall–Kier alpha value is -1.47. The zero-order valence-electron chi connectivity index (χ0n) is 9.05. The monoisotopic (exact) mass is 261 g/mol. The summed E-state index contributed by atoms with van der Waals surface area (Å²) in [5.41, 5.74) is 5.47. The highest BCUT2D eigenvalue weighted by atomic mass is 32.2. The van der Waals surface area contributed by atoms with E-state index in [9.17, 15) is 17.6 Å². The molecule has 0 amide bonds. The van der Waals surface area contributed by atoms with Crippen LogP contribution < -0.4 is 5.73 Å². The molecule has 0 spiro atoms. The van der Waals surface area contributed by atoms with Crippen LogP contribution in [0.4, 0.5) is 4.39 Å². The van der Waals surface area contributed by atoms with Crippen LogP contribution >= 0.6 is 0 Å². The number of carboxylic acids is 1. The van der Waals surface area contributed by atoms with Crippen molar-refractivity contribution in [1.29, 1.82) is 0 Å². The molecule has 0 aliphatic heterocycles. The Morgan fingerprint density at radius 2 is 2.12 bits per heavy atom. The first-order valence-corrected chi connectivity index (χ1v) is 6.58. The van der Waals surface area contributed by atoms with Crippen LogP contribution in [0, 0.1) is 5.82 Å². The van der Waals surface area contributed by atoms with Crippen molar-refractivity contribution in [3.8, 4) is 0 Å². The molecule has 0 bridgehead atoms. The maximum atomic E-state index is 13.5. The van der Waals surface area contributed by atoms with E-state index in [2.05, 4.69) is 0 Å². The fourth-order valence-corrected chi connectivity index (χ4v) is 1.97. The summed E-state index contributed by atoms with van der Waals surface area (Å²) in [4.78, 5) is 10.3. The Kier molecular flexibility index (Phi) is 3.84. The van der Waals surface area contributed by atoms with Crippen molar-refractivity contribution >= 4 is 15.8 Å². The van der Waals surface area contributed by atoms with Crippen molar-refractivity contribution in [1.82, 2.24) is 0 Å². The van der Waals surface area contributed by atoms with Gasteiger partial charge in [-0.1, -0.05) is 6.07 Å². The number of carboxylic acid groups (broad SMARTS) is 1. The number of hydrogen-bond donors (Lipinski definition) is 2. The molecule has 3 N–H and O–H groups in total. The molecule has 17 heavy (non-hydrogen) atoms. The van der Waals surface area contributed by atoms with Crippen molar-refractivity contribution < 1.29 is 22.7 Å². The van der Waals surface area contributed by atoms with E-state index < -0.39 is 34.1 Å². The summed E-state index contributed by atoms with van der Waals surface area (Å²) < 4.78 is 35.8. The third kappa shape index (κ3) is 3.50. The number of benzene rings is 1. The van der Waals surface area contributed by atoms with Crippen LogP contribution in [0.3, 0.4) is 0 Å². The van der Waals surface area contributed by atoms with E-state index in [1.165, 1.54) is 12.1 Å². The Morgan fingerprint density at radius 1 is 1.53 bits per heavy atom. The van der Waals surface area contributed by atoms with Gasteiger partial charge in [0.05, 0.1) is 11.3 Å². The Balaban J connectivity index is 3.10. The Morgan fingerprint density at radius 3 is 2.53 bits per heavy atom. The number of aliphatic carboxylic acids is 1. The van der Waals surface area contributed by atoms with Gasteiger partial charge in [-0.3, -0.25) is 4.79 Å². The van der Waals surface area contributed by atoms with Crippen molar-refractivity contribution in [2.24, 2.45) is 5.73 Å². The lowest BCUT2D eigenvalue weighted by Gasteiger charge is -2.11. The highest BCUT2D eigenvalue weighted by molar-refractivity contribution is 7.90. The minimum Gasteiger partial charge on any atom is -0.481 e. The van der Waals surface area contributed by atoms with Gasteiger partial charge in [-0.05, 0) is 12.1 Å². The molecule has 7 heteroatoms. The molecular formula is C10H12FNO4S. The zero-order chi connectivity index (χ0) is 13.2. The minimum atomic E-state index is -3.49. The molecule has 5 nitrogen and oxygen atoms in total. The van der Waals surface area contributed by atoms with Crippen LogP contribution in [0.5, 0.6) is 0 Å². The van der Waals surface area contributed by atoms with Crippen LogP contribution in [-0.4, -0.2) is 25.7 Å². The lowest BCUT2D eigenvalue weighted by Crippen LogP contribution is -2.16. The first-order valence-electron chi connectivity index (χ1n) is 4.68. The number of nitrogens with two attached hydrogens (primary N) is 1. The second-order valence-corrected chi connectivity index (χ2v) is 5.68. The first-order chi connectivity index (χ1) is 7.71. The van der Waals surface area contributed by atoms with E-state index in [1.807, 2.05) is 0 Å². The van der Waals surface area contributed by atoms with E-state index in [1.54, 1.807) is 0 Å². The molecule has 0 heterocycles. The van der Waals surface area contributed by atoms with Crippen LogP contribution in [0.1, 0.15) is 18.0 Å². The zero-order valence-corrected chi connectivity index (χ0v) is 9.87. The third-order valence-electron chi connectivity index (χ3n) is 2.19. The molecule has 0 saturated carbocycles. The standard InChI is InChI=1S/C10H12FNO4S/c1-17(15,16)6-2-3-7(8(11)4-6)9(12)5-10(13)14/h2-4,9H,5,12H2,1H3,(H,13,14). The van der Waals surface area contributed by atoms with Crippen LogP contribution in [0.2, 0.25) is 0 Å². The van der Waals surface area contributed by atoms with Crippen molar-refractivity contribution in [2.75, 3.05) is 6.26 Å². The molecule has 94 valence electrons. The molecule has 0 fully saturated rings. The summed E-state index contributed by atoms with van der Waals surface area (Å²) in [5, 5.41) is 8.52. The summed E-state index contributed by atoms with van der Waals surface area (Å²) in [6.45, 7) is 0. The van der Waals surface area contributed by atoms with Gasteiger partial charge in [-0.2, -0.15) is 0 Å². The fraction of sp³-hybridized carbons (Fsp3) is 0.300. The molecule has 1 aromatic rings. The Labute approximate surface area is 98.0 Å². The SMILES string of the molecule is CS(=O)(=O)c1ccc(C(N)CC(=O)O)c(F)c1. The van der Waals surface area contributed by atoms with E-state index in [4.69, 9.17) is 10.8 Å². The van der Waals surface area contributed by atoms with Gasteiger partial charge in [0, 0.05) is 17.9 Å². The largest absolute Gasteiger partial charge is 0.481 e. The number of carbonyl (C=O) groups is 1. The topological polar surface area (TPSA) is 97.5 Å². The smallest absolute Gasteiger partial charge is 0.305 e. The molecule has 1 unspecified atom stereocenters. The lowest BCUT2D eigenvalue weighted by atomic mass is 10.0. The molecule has 1 aromatic carbocycles. The first kappa shape index (κ1) is 13.6. The maximum absolute atomic E-state index is 13.5. The highest BCUT2D eigenvalue weighted by Gasteiger charge is 2.17. The van der Waals surface area contributed by atoms with Crippen LogP contribution in [0.15, 0.2) is 23.1 Å². The maximum Gasteiger partial charge on any atom is 0.305 e. The summed E-state index contributed by atoms with van der Waals surface area (Å²) in [7, 11) is -3.49. The number of sulfone groups is 1. The van der Waals surface area contributed by atoms with Crippen LogP contribution in [-0.2, 0) is 14.6 Å². The van der Waals surface area contributed by atoms with E-state index in [-0.39, 0.29) is 10.5 Å². The summed E-state index contributed by atoms with van der Waals surface area (Å²) in [5.74, 6) is -1.97. The van der Waals surface area contributed by atoms with Crippen molar-refractivity contribution in [3.63, 3.8) is 0 Å². The average Bonchev–Trinajstić information content (AvgIpc) is 2.14. The molecule has 0 radical (unpaired) electrons. The third-order valence-corrected chi connectivity index (χ3v) is 3.30. The van der Waals surface area contributed by atoms with Gasteiger partial charge in [0.25, 0.3) is 0 Å². The average molecular weight is 261 g/mol. The molecular weight excluding hydrogens is 249 g/mol. The second-order valence-electron chi connectivity index (χ2n) is 3.66. The van der Waals surface area contributed by atoms with Gasteiger partial charge >= 0.3 is 5.97 Å². The summed E-state index contributed by atoms with van der Waals surface area (Å²) in [6, 6.07) is 2.24. The van der Waals surface area contributed by atoms with Gasteiger partial charge in [0.2, 0.25) is 0 Å². The van der Waals surface area contributed by atoms with Crippen molar-refractivity contribution in [3.05, 3.63) is 29.6 Å². The van der Waals surface area contributed by atoms with E-state index in [0.29, 0.717) is 0 Å². The summed E-state index contributed by atoms with van der Waals surface area (Å²) in [6.07, 6.45) is 0.535. The van der Waals surface area contributed by atoms with Crippen molar-refractivity contribution in [2.45, 2.75) is 17.4 Å². The fourth-order valence-electron chi connectivity index (χ4n) is 1.34. The molecule has 1 atom stereocenters. The van der Waals surface area contributed by atoms with Gasteiger partial charge in [0.1, 0.15) is 5.82 Å². The predicted molar refractivity (Wildman–Crippen MR) is 58.7 cm³/mol. The van der Waals surface area contributed by atoms with Crippen LogP contribution in [0.25, 0.3) is 0 Å². The van der Waals surface area contributed by atoms with E-state index >= 15 is 0 Å². The number of hydrogen-bond acceptors (Lipinski definition) is 4. The molecule has 0 saturated heterocycles. The van der Waals surface area contributed by atoms with Gasteiger partial charge in [-0.25, -0.2) is 12.8 Å². The highest BCUT2D eigenvalue weighted by Crippen LogP contribution is 2.21. The molecule has 0 aliphatic rings. The summed E-state index contributed by atoms with van der Waals surface area (Å²) >= 11 is 0. The number of rotatable bonds is 4. The lowest BCUT2D eigenvalue weighted by molar-refractivity contribution is -0.137. The molecule has 0 aromatic heterocycles. The quantitative estimate of drug-likeness (QED) is 0.831. The predicted octanol–water partition coefficient (Wildman–Crippen LogP) is 0.704. The molecule has 0 aliphatic carbocycles. The number of halogens is 1. The van der Waals surface area contributed by atoms with Gasteiger partial charge in [0.15, 0.2) is 9.84 Å². The second kappa shape index (κ2) is 4.80. The minimum absolute atomic E-state index is 0.0141. The molecule has 1 rings (SSSR count).